The van der Waals surface area contributed by atoms with Crippen LogP contribution < -0.4 is 15.4 Å². The third-order valence-corrected chi connectivity index (χ3v) is 4.90. The summed E-state index contributed by atoms with van der Waals surface area (Å²) < 4.78 is 17.0. The number of anilines is 2. The molecule has 27 heavy (non-hydrogen) atoms. The van der Waals surface area contributed by atoms with Gasteiger partial charge in [0.05, 0.1) is 37.1 Å². The molecule has 2 aliphatic rings. The summed E-state index contributed by atoms with van der Waals surface area (Å²) in [6, 6.07) is 3.42. The Morgan fingerprint density at radius 3 is 2.56 bits per heavy atom. The fraction of sp³-hybridized carbons (Fsp3) is 0.500. The van der Waals surface area contributed by atoms with Crippen LogP contribution in [-0.2, 0) is 9.47 Å². The van der Waals surface area contributed by atoms with Crippen LogP contribution in [0, 0.1) is 0 Å². The van der Waals surface area contributed by atoms with Gasteiger partial charge < -0.3 is 24.8 Å². The average molecular weight is 392 g/mol. The lowest BCUT2D eigenvalue weighted by molar-refractivity contribution is 0.0237. The van der Waals surface area contributed by atoms with Gasteiger partial charge in [-0.25, -0.2) is 9.97 Å². The van der Waals surface area contributed by atoms with Crippen molar-refractivity contribution in [1.82, 2.24) is 15.0 Å². The van der Waals surface area contributed by atoms with Crippen LogP contribution in [0.25, 0.3) is 11.3 Å². The van der Waals surface area contributed by atoms with E-state index in [0.29, 0.717) is 60.4 Å². The van der Waals surface area contributed by atoms with Crippen LogP contribution >= 0.6 is 11.6 Å². The highest BCUT2D eigenvalue weighted by atomic mass is 35.5. The predicted molar refractivity (Wildman–Crippen MR) is 102 cm³/mol. The summed E-state index contributed by atoms with van der Waals surface area (Å²) in [7, 11) is 0. The number of nitrogen functional groups attached to an aromatic ring is 1. The molecule has 0 saturated carbocycles. The lowest BCUT2D eigenvalue weighted by Gasteiger charge is -2.28. The first-order valence-corrected chi connectivity index (χ1v) is 9.44. The molecule has 144 valence electrons. The Kier molecular flexibility index (Phi) is 5.56. The molecule has 0 unspecified atom stereocenters. The van der Waals surface area contributed by atoms with Crippen molar-refractivity contribution in [3.05, 3.63) is 23.4 Å². The first kappa shape index (κ1) is 18.2. The van der Waals surface area contributed by atoms with Crippen molar-refractivity contribution < 1.29 is 14.2 Å². The minimum absolute atomic E-state index is 0.0825. The molecule has 0 aliphatic carbocycles. The standard InChI is InChI=1S/C18H22ClN5O3/c19-14-9-16(20)21-11-13(14)15-10-17(27-12-1-5-25-6-2-12)23-18(22-15)24-3-7-26-8-4-24/h9-12H,1-8H2,(H2,20,21). The van der Waals surface area contributed by atoms with Gasteiger partial charge in [0.2, 0.25) is 11.8 Å². The molecule has 4 heterocycles. The molecular formula is C18H22ClN5O3. The summed E-state index contributed by atoms with van der Waals surface area (Å²) in [5.74, 6) is 1.50. The molecule has 0 atom stereocenters. The van der Waals surface area contributed by atoms with Gasteiger partial charge in [-0.3, -0.25) is 0 Å². The Labute approximate surface area is 162 Å². The molecule has 2 N–H and O–H groups in total. The molecule has 0 bridgehead atoms. The highest BCUT2D eigenvalue weighted by Crippen LogP contribution is 2.31. The molecule has 2 aliphatic heterocycles. The zero-order valence-electron chi connectivity index (χ0n) is 14.9. The largest absolute Gasteiger partial charge is 0.474 e. The number of nitrogens with zero attached hydrogens (tertiary/aromatic N) is 4. The third-order valence-electron chi connectivity index (χ3n) is 4.59. The Morgan fingerprint density at radius 2 is 1.81 bits per heavy atom. The van der Waals surface area contributed by atoms with E-state index in [0.717, 1.165) is 25.9 Å². The number of nitrogens with two attached hydrogens (primary N) is 1. The average Bonchev–Trinajstić information content (AvgIpc) is 2.69. The van der Waals surface area contributed by atoms with Crippen LogP contribution in [0.2, 0.25) is 5.02 Å². The van der Waals surface area contributed by atoms with Crippen LogP contribution in [0.5, 0.6) is 5.88 Å². The first-order chi connectivity index (χ1) is 13.2. The van der Waals surface area contributed by atoms with Crippen LogP contribution in [-0.4, -0.2) is 60.6 Å². The number of hydrogen-bond donors (Lipinski definition) is 1. The maximum atomic E-state index is 6.38. The molecule has 0 spiro atoms. The van der Waals surface area contributed by atoms with Gasteiger partial charge in [-0.2, -0.15) is 4.98 Å². The van der Waals surface area contributed by atoms with E-state index in [-0.39, 0.29) is 6.10 Å². The van der Waals surface area contributed by atoms with E-state index in [1.807, 2.05) is 0 Å². The van der Waals surface area contributed by atoms with E-state index in [1.54, 1.807) is 18.3 Å². The van der Waals surface area contributed by atoms with Gasteiger partial charge >= 0.3 is 0 Å². The van der Waals surface area contributed by atoms with Crippen molar-refractivity contribution in [3.63, 3.8) is 0 Å². The van der Waals surface area contributed by atoms with Crippen LogP contribution in [0.1, 0.15) is 12.8 Å². The lowest BCUT2D eigenvalue weighted by atomic mass is 10.1. The van der Waals surface area contributed by atoms with Crippen LogP contribution in [0.15, 0.2) is 18.3 Å². The molecule has 0 amide bonds. The van der Waals surface area contributed by atoms with Crippen molar-refractivity contribution in [2.24, 2.45) is 0 Å². The molecule has 2 aromatic rings. The fourth-order valence-electron chi connectivity index (χ4n) is 3.11. The maximum absolute atomic E-state index is 6.38. The highest BCUT2D eigenvalue weighted by Gasteiger charge is 2.21. The van der Waals surface area contributed by atoms with E-state index in [1.165, 1.54) is 0 Å². The number of rotatable bonds is 4. The summed E-state index contributed by atoms with van der Waals surface area (Å²) in [5, 5.41) is 0.492. The van der Waals surface area contributed by atoms with E-state index >= 15 is 0 Å². The molecule has 2 fully saturated rings. The summed E-state index contributed by atoms with van der Waals surface area (Å²) in [5.41, 5.74) is 7.07. The van der Waals surface area contributed by atoms with E-state index < -0.39 is 0 Å². The van der Waals surface area contributed by atoms with Gasteiger partial charge in [0, 0.05) is 43.8 Å². The smallest absolute Gasteiger partial charge is 0.229 e. The molecule has 2 aromatic heterocycles. The maximum Gasteiger partial charge on any atom is 0.229 e. The highest BCUT2D eigenvalue weighted by molar-refractivity contribution is 6.33. The van der Waals surface area contributed by atoms with Crippen LogP contribution in [0.3, 0.4) is 0 Å². The van der Waals surface area contributed by atoms with Crippen molar-refractivity contribution >= 4 is 23.4 Å². The topological polar surface area (TPSA) is 95.6 Å². The molecule has 2 saturated heterocycles. The molecular weight excluding hydrogens is 370 g/mol. The Hall–Kier alpha value is -2.16. The van der Waals surface area contributed by atoms with Gasteiger partial charge in [-0.15, -0.1) is 0 Å². The van der Waals surface area contributed by atoms with Gasteiger partial charge in [0.15, 0.2) is 0 Å². The molecule has 0 radical (unpaired) electrons. The first-order valence-electron chi connectivity index (χ1n) is 9.06. The van der Waals surface area contributed by atoms with Crippen molar-refractivity contribution in [2.45, 2.75) is 18.9 Å². The quantitative estimate of drug-likeness (QED) is 0.847. The lowest BCUT2D eigenvalue weighted by Crippen LogP contribution is -2.37. The van der Waals surface area contributed by atoms with Crippen molar-refractivity contribution in [2.75, 3.05) is 50.2 Å². The Bertz CT molecular complexity index is 795. The van der Waals surface area contributed by atoms with E-state index in [2.05, 4.69) is 14.9 Å². The second-order valence-corrected chi connectivity index (χ2v) is 6.92. The van der Waals surface area contributed by atoms with Gasteiger partial charge in [0.1, 0.15) is 11.9 Å². The number of morpholine rings is 1. The van der Waals surface area contributed by atoms with Crippen LogP contribution in [0.4, 0.5) is 11.8 Å². The van der Waals surface area contributed by atoms with E-state index in [9.17, 15) is 0 Å². The minimum atomic E-state index is 0.0825. The summed E-state index contributed by atoms with van der Waals surface area (Å²) in [4.78, 5) is 15.6. The second-order valence-electron chi connectivity index (χ2n) is 6.51. The summed E-state index contributed by atoms with van der Waals surface area (Å²) >= 11 is 6.38. The third kappa shape index (κ3) is 4.40. The summed E-state index contributed by atoms with van der Waals surface area (Å²) in [6.07, 6.45) is 3.40. The minimum Gasteiger partial charge on any atom is -0.474 e. The number of pyridine rings is 1. The fourth-order valence-corrected chi connectivity index (χ4v) is 3.37. The van der Waals surface area contributed by atoms with Gasteiger partial charge in [-0.1, -0.05) is 11.6 Å². The zero-order valence-corrected chi connectivity index (χ0v) is 15.7. The number of hydrogen-bond acceptors (Lipinski definition) is 8. The SMILES string of the molecule is Nc1cc(Cl)c(-c2cc(OC3CCOCC3)nc(N3CCOCC3)n2)cn1. The number of halogens is 1. The van der Waals surface area contributed by atoms with Gasteiger partial charge in [-0.05, 0) is 6.07 Å². The molecule has 0 aromatic carbocycles. The molecule has 4 rings (SSSR count). The zero-order chi connectivity index (χ0) is 18.6. The molecule has 8 nitrogen and oxygen atoms in total. The predicted octanol–water partition coefficient (Wildman–Crippen LogP) is 2.17. The van der Waals surface area contributed by atoms with E-state index in [4.69, 9.17) is 36.5 Å². The Balaban J connectivity index is 1.68. The molecule has 9 heteroatoms. The Morgan fingerprint density at radius 1 is 1.07 bits per heavy atom. The number of ether oxygens (including phenoxy) is 3. The summed E-state index contributed by atoms with van der Waals surface area (Å²) in [6.45, 7) is 4.16. The normalized spacial score (nSPS) is 18.5. The van der Waals surface area contributed by atoms with Crippen molar-refractivity contribution in [3.8, 4) is 17.1 Å². The number of aromatic nitrogens is 3. The van der Waals surface area contributed by atoms with Crippen molar-refractivity contribution in [1.29, 1.82) is 0 Å². The second kappa shape index (κ2) is 8.24. The van der Waals surface area contributed by atoms with Gasteiger partial charge in [0.25, 0.3) is 0 Å². The monoisotopic (exact) mass is 391 g/mol.